The Hall–Kier alpha value is -1.06. The minimum absolute atomic E-state index is 0.157. The van der Waals surface area contributed by atoms with Crippen molar-refractivity contribution in [2.24, 2.45) is 11.1 Å². The van der Waals surface area contributed by atoms with Crippen LogP contribution >= 0.6 is 0 Å². The Kier molecular flexibility index (Phi) is 1.56. The summed E-state index contributed by atoms with van der Waals surface area (Å²) in [5, 5.41) is 3.86. The third-order valence-electron chi connectivity index (χ3n) is 2.36. The minimum atomic E-state index is -0.231. The maximum Gasteiger partial charge on any atom is 0.319 e. The lowest BCUT2D eigenvalue weighted by atomic mass is 9.96. The number of ether oxygens (including phenoxy) is 1. The molecule has 0 bridgehead atoms. The second kappa shape index (κ2) is 2.47. The van der Waals surface area contributed by atoms with E-state index >= 15 is 0 Å². The standard InChI is InChI=1S/C8H11NO3/c1-3-5-6-7(12-9-5)4(2)11-8(6)10/h4,6-7H,3H2,1-2H3/t4-,6-,7-/m1/s1. The van der Waals surface area contributed by atoms with Crippen molar-refractivity contribution in [1.29, 1.82) is 0 Å². The van der Waals surface area contributed by atoms with Crippen molar-refractivity contribution in [1.82, 2.24) is 0 Å². The van der Waals surface area contributed by atoms with Gasteiger partial charge in [0.15, 0.2) is 6.10 Å². The molecular weight excluding hydrogens is 158 g/mol. The highest BCUT2D eigenvalue weighted by molar-refractivity contribution is 6.04. The van der Waals surface area contributed by atoms with E-state index < -0.39 is 0 Å². The Bertz CT molecular complexity index is 249. The van der Waals surface area contributed by atoms with Crippen molar-refractivity contribution in [3.63, 3.8) is 0 Å². The summed E-state index contributed by atoms with van der Waals surface area (Å²) in [6, 6.07) is 0. The SMILES string of the molecule is CCC1=NO[C@H]2[C@@H]1C(=O)O[C@@H]2C. The number of cyclic esters (lactones) is 1. The van der Waals surface area contributed by atoms with E-state index in [1.807, 2.05) is 13.8 Å². The number of hydrogen-bond donors (Lipinski definition) is 0. The highest BCUT2D eigenvalue weighted by Crippen LogP contribution is 2.31. The monoisotopic (exact) mass is 169 g/mol. The molecule has 0 amide bonds. The van der Waals surface area contributed by atoms with E-state index in [9.17, 15) is 4.79 Å². The van der Waals surface area contributed by atoms with Crippen LogP contribution in [0.3, 0.4) is 0 Å². The van der Waals surface area contributed by atoms with Gasteiger partial charge in [0, 0.05) is 0 Å². The first-order valence-corrected chi connectivity index (χ1v) is 4.17. The molecule has 2 heterocycles. The second-order valence-corrected chi connectivity index (χ2v) is 3.13. The predicted molar refractivity (Wildman–Crippen MR) is 41.6 cm³/mol. The van der Waals surface area contributed by atoms with Gasteiger partial charge >= 0.3 is 5.97 Å². The molecule has 4 heteroatoms. The Morgan fingerprint density at radius 3 is 3.00 bits per heavy atom. The smallest absolute Gasteiger partial charge is 0.319 e. The van der Waals surface area contributed by atoms with E-state index in [2.05, 4.69) is 5.16 Å². The largest absolute Gasteiger partial charge is 0.458 e. The first kappa shape index (κ1) is 7.58. The summed E-state index contributed by atoms with van der Waals surface area (Å²) in [5.41, 5.74) is 0.814. The highest BCUT2D eigenvalue weighted by Gasteiger charge is 2.50. The van der Waals surface area contributed by atoms with Gasteiger partial charge in [0.1, 0.15) is 12.0 Å². The van der Waals surface area contributed by atoms with Gasteiger partial charge in [-0.1, -0.05) is 12.1 Å². The van der Waals surface area contributed by atoms with Crippen molar-refractivity contribution in [3.8, 4) is 0 Å². The zero-order chi connectivity index (χ0) is 8.72. The fourth-order valence-electron chi connectivity index (χ4n) is 1.67. The number of hydrogen-bond acceptors (Lipinski definition) is 4. The van der Waals surface area contributed by atoms with E-state index in [1.165, 1.54) is 0 Å². The van der Waals surface area contributed by atoms with Gasteiger partial charge in [0.25, 0.3) is 0 Å². The van der Waals surface area contributed by atoms with Crippen LogP contribution in [0.5, 0.6) is 0 Å². The Morgan fingerprint density at radius 2 is 2.33 bits per heavy atom. The fourth-order valence-corrected chi connectivity index (χ4v) is 1.67. The predicted octanol–water partition coefficient (Wildman–Crippen LogP) is 0.713. The number of rotatable bonds is 1. The summed E-state index contributed by atoms with van der Waals surface area (Å²) in [7, 11) is 0. The van der Waals surface area contributed by atoms with Crippen LogP contribution in [0.1, 0.15) is 20.3 Å². The lowest BCUT2D eigenvalue weighted by Crippen LogP contribution is -2.26. The number of esters is 1. The number of oxime groups is 1. The molecule has 1 saturated heterocycles. The molecule has 0 saturated carbocycles. The summed E-state index contributed by atoms with van der Waals surface area (Å²) >= 11 is 0. The lowest BCUT2D eigenvalue weighted by Gasteiger charge is -2.07. The second-order valence-electron chi connectivity index (χ2n) is 3.13. The van der Waals surface area contributed by atoms with Crippen LogP contribution in [0.4, 0.5) is 0 Å². The normalized spacial score (nSPS) is 38.7. The molecule has 3 atom stereocenters. The Labute approximate surface area is 70.5 Å². The van der Waals surface area contributed by atoms with E-state index in [-0.39, 0.29) is 24.1 Å². The minimum Gasteiger partial charge on any atom is -0.458 e. The van der Waals surface area contributed by atoms with Crippen LogP contribution in [0, 0.1) is 5.92 Å². The Morgan fingerprint density at radius 1 is 1.58 bits per heavy atom. The molecule has 66 valence electrons. The highest BCUT2D eigenvalue weighted by atomic mass is 16.7. The van der Waals surface area contributed by atoms with Gasteiger partial charge in [-0.15, -0.1) is 0 Å². The summed E-state index contributed by atoms with van der Waals surface area (Å²) in [6.07, 6.45) is 0.422. The summed E-state index contributed by atoms with van der Waals surface area (Å²) in [6.45, 7) is 3.79. The van der Waals surface area contributed by atoms with Crippen LogP contribution < -0.4 is 0 Å². The van der Waals surface area contributed by atoms with Crippen LogP contribution in [0.15, 0.2) is 5.16 Å². The number of nitrogens with zero attached hydrogens (tertiary/aromatic N) is 1. The molecule has 1 fully saturated rings. The molecule has 12 heavy (non-hydrogen) atoms. The third kappa shape index (κ3) is 0.838. The first-order valence-electron chi connectivity index (χ1n) is 4.17. The van der Waals surface area contributed by atoms with Gasteiger partial charge in [-0.25, -0.2) is 0 Å². The van der Waals surface area contributed by atoms with Gasteiger partial charge in [0.2, 0.25) is 0 Å². The van der Waals surface area contributed by atoms with E-state index in [1.54, 1.807) is 0 Å². The first-order chi connectivity index (χ1) is 5.74. The van der Waals surface area contributed by atoms with Crippen LogP contribution in [-0.2, 0) is 14.4 Å². The average Bonchev–Trinajstić information content (AvgIpc) is 2.55. The number of fused-ring (bicyclic) bond motifs is 1. The molecule has 0 spiro atoms. The van der Waals surface area contributed by atoms with Gasteiger partial charge in [0.05, 0.1) is 5.71 Å². The quantitative estimate of drug-likeness (QED) is 0.543. The van der Waals surface area contributed by atoms with Gasteiger partial charge in [-0.05, 0) is 13.3 Å². The van der Waals surface area contributed by atoms with E-state index in [4.69, 9.17) is 9.57 Å². The molecule has 4 nitrogen and oxygen atoms in total. The molecule has 0 aromatic rings. The molecular formula is C8H11NO3. The molecule has 0 aliphatic carbocycles. The number of carbonyl (C=O) groups excluding carboxylic acids is 1. The fraction of sp³-hybridized carbons (Fsp3) is 0.750. The molecule has 0 unspecified atom stereocenters. The average molecular weight is 169 g/mol. The Balaban J connectivity index is 2.23. The molecule has 0 radical (unpaired) electrons. The molecule has 0 N–H and O–H groups in total. The van der Waals surface area contributed by atoms with Crippen LogP contribution in [-0.4, -0.2) is 23.9 Å². The van der Waals surface area contributed by atoms with Crippen molar-refractivity contribution in [3.05, 3.63) is 0 Å². The summed E-state index contributed by atoms with van der Waals surface area (Å²) < 4.78 is 5.02. The van der Waals surface area contributed by atoms with E-state index in [0.717, 1.165) is 12.1 Å². The van der Waals surface area contributed by atoms with Crippen LogP contribution in [0.25, 0.3) is 0 Å². The van der Waals surface area contributed by atoms with Gasteiger partial charge in [-0.3, -0.25) is 4.79 Å². The van der Waals surface area contributed by atoms with Crippen molar-refractivity contribution < 1.29 is 14.4 Å². The van der Waals surface area contributed by atoms with Crippen LogP contribution in [0.2, 0.25) is 0 Å². The maximum atomic E-state index is 11.3. The molecule has 2 rings (SSSR count). The topological polar surface area (TPSA) is 47.9 Å². The van der Waals surface area contributed by atoms with Crippen molar-refractivity contribution >= 4 is 11.7 Å². The van der Waals surface area contributed by atoms with Crippen molar-refractivity contribution in [2.75, 3.05) is 0 Å². The molecule has 2 aliphatic heterocycles. The maximum absolute atomic E-state index is 11.3. The van der Waals surface area contributed by atoms with Gasteiger partial charge < -0.3 is 9.57 Å². The molecule has 0 aromatic heterocycles. The van der Waals surface area contributed by atoms with Crippen molar-refractivity contribution in [2.45, 2.75) is 32.5 Å². The summed E-state index contributed by atoms with van der Waals surface area (Å²) in [4.78, 5) is 16.4. The lowest BCUT2D eigenvalue weighted by molar-refractivity contribution is -0.142. The van der Waals surface area contributed by atoms with Gasteiger partial charge in [-0.2, -0.15) is 0 Å². The zero-order valence-electron chi connectivity index (χ0n) is 7.11. The van der Waals surface area contributed by atoms with E-state index in [0.29, 0.717) is 0 Å². The number of carbonyl (C=O) groups is 1. The molecule has 0 aromatic carbocycles. The molecule has 2 aliphatic rings. The zero-order valence-corrected chi connectivity index (χ0v) is 7.11. The summed E-state index contributed by atoms with van der Waals surface area (Å²) in [5.74, 6) is -0.421. The third-order valence-corrected chi connectivity index (χ3v) is 2.36.